The molecule has 0 saturated heterocycles. The normalized spacial score (nSPS) is 14.8. The summed E-state index contributed by atoms with van der Waals surface area (Å²) in [6.45, 7) is 0. The summed E-state index contributed by atoms with van der Waals surface area (Å²) in [5, 5.41) is 13.6. The van der Waals surface area contributed by atoms with E-state index in [0.717, 1.165) is 16.3 Å². The molecule has 1 saturated carbocycles. The minimum Gasteiger partial charge on any atom is -0.258 e. The van der Waals surface area contributed by atoms with Gasteiger partial charge in [0.15, 0.2) is 0 Å². The Balaban J connectivity index is 1.96. The largest absolute Gasteiger partial charge is 0.270 e. The summed E-state index contributed by atoms with van der Waals surface area (Å²) in [5.41, 5.74) is 2.08. The topological polar surface area (TPSA) is 56.0 Å². The van der Waals surface area contributed by atoms with Crippen LogP contribution in [0.4, 0.5) is 5.69 Å². The Kier molecular flexibility index (Phi) is 2.40. The molecule has 2 aromatic rings. The van der Waals surface area contributed by atoms with E-state index in [1.165, 1.54) is 18.9 Å². The van der Waals surface area contributed by atoms with Crippen LogP contribution in [0.15, 0.2) is 29.6 Å². The van der Waals surface area contributed by atoms with Crippen LogP contribution in [0, 0.1) is 10.1 Å². The molecule has 0 aliphatic heterocycles. The third-order valence-corrected chi connectivity index (χ3v) is 3.73. The Bertz CT molecular complexity index is 575. The summed E-state index contributed by atoms with van der Waals surface area (Å²) >= 11 is 1.56. The van der Waals surface area contributed by atoms with Gasteiger partial charge in [0.1, 0.15) is 5.01 Å². The Labute approximate surface area is 102 Å². The highest BCUT2D eigenvalue weighted by molar-refractivity contribution is 7.13. The minimum atomic E-state index is -0.376. The fraction of sp³-hybridized carbons (Fsp3) is 0.250. The summed E-state index contributed by atoms with van der Waals surface area (Å²) in [6, 6.07) is 6.64. The van der Waals surface area contributed by atoms with Gasteiger partial charge in [-0.1, -0.05) is 12.1 Å². The zero-order valence-corrected chi connectivity index (χ0v) is 9.81. The summed E-state index contributed by atoms with van der Waals surface area (Å²) in [4.78, 5) is 14.9. The fourth-order valence-corrected chi connectivity index (χ4v) is 2.64. The molecule has 86 valence electrons. The highest BCUT2D eigenvalue weighted by atomic mass is 32.1. The molecule has 1 aliphatic carbocycles. The average Bonchev–Trinajstić information content (AvgIpc) is 3.07. The first-order chi connectivity index (χ1) is 8.24. The third kappa shape index (κ3) is 2.06. The van der Waals surface area contributed by atoms with Crippen molar-refractivity contribution in [1.82, 2.24) is 4.98 Å². The molecule has 1 fully saturated rings. The number of hydrogen-bond acceptors (Lipinski definition) is 4. The maximum absolute atomic E-state index is 10.7. The van der Waals surface area contributed by atoms with Gasteiger partial charge in [-0.15, -0.1) is 11.3 Å². The first-order valence-electron chi connectivity index (χ1n) is 5.44. The lowest BCUT2D eigenvalue weighted by molar-refractivity contribution is -0.384. The Morgan fingerprint density at radius 3 is 2.94 bits per heavy atom. The van der Waals surface area contributed by atoms with Crippen LogP contribution in [0.3, 0.4) is 0 Å². The number of rotatable bonds is 3. The lowest BCUT2D eigenvalue weighted by Crippen LogP contribution is -1.88. The molecule has 0 unspecified atom stereocenters. The smallest absolute Gasteiger partial charge is 0.258 e. The Morgan fingerprint density at radius 2 is 2.24 bits per heavy atom. The molecule has 3 rings (SSSR count). The van der Waals surface area contributed by atoms with E-state index in [-0.39, 0.29) is 10.6 Å². The van der Waals surface area contributed by atoms with Gasteiger partial charge in [-0.2, -0.15) is 0 Å². The number of aromatic nitrogens is 1. The number of hydrogen-bond donors (Lipinski definition) is 0. The summed E-state index contributed by atoms with van der Waals surface area (Å²) in [5.74, 6) is 0.624. The number of nitrogens with zero attached hydrogens (tertiary/aromatic N) is 2. The van der Waals surface area contributed by atoms with Crippen molar-refractivity contribution >= 4 is 17.0 Å². The molecular weight excluding hydrogens is 236 g/mol. The van der Waals surface area contributed by atoms with Gasteiger partial charge in [0.25, 0.3) is 5.69 Å². The number of benzene rings is 1. The molecule has 1 aliphatic rings. The van der Waals surface area contributed by atoms with Crippen molar-refractivity contribution in [2.75, 3.05) is 0 Å². The second-order valence-corrected chi connectivity index (χ2v) is 5.02. The van der Waals surface area contributed by atoms with Gasteiger partial charge in [-0.25, -0.2) is 4.98 Å². The van der Waals surface area contributed by atoms with E-state index >= 15 is 0 Å². The van der Waals surface area contributed by atoms with Crippen LogP contribution in [-0.4, -0.2) is 9.91 Å². The molecule has 17 heavy (non-hydrogen) atoms. The van der Waals surface area contributed by atoms with Gasteiger partial charge < -0.3 is 0 Å². The monoisotopic (exact) mass is 246 g/mol. The van der Waals surface area contributed by atoms with E-state index in [9.17, 15) is 10.1 Å². The summed E-state index contributed by atoms with van der Waals surface area (Å²) in [7, 11) is 0. The summed E-state index contributed by atoms with van der Waals surface area (Å²) < 4.78 is 0. The summed E-state index contributed by atoms with van der Waals surface area (Å²) in [6.07, 6.45) is 2.44. The van der Waals surface area contributed by atoms with Gasteiger partial charge in [0.05, 0.1) is 10.6 Å². The van der Waals surface area contributed by atoms with E-state index in [1.54, 1.807) is 23.5 Å². The van der Waals surface area contributed by atoms with Crippen LogP contribution in [0.1, 0.15) is 24.5 Å². The molecule has 5 heteroatoms. The van der Waals surface area contributed by atoms with Crippen LogP contribution in [0.25, 0.3) is 10.6 Å². The molecule has 0 atom stereocenters. The predicted octanol–water partition coefficient (Wildman–Crippen LogP) is 3.60. The van der Waals surface area contributed by atoms with Crippen molar-refractivity contribution in [1.29, 1.82) is 0 Å². The first-order valence-corrected chi connectivity index (χ1v) is 6.32. The SMILES string of the molecule is O=[N+]([O-])c1cccc(-c2nc(C3CC3)cs2)c1. The minimum absolute atomic E-state index is 0.116. The lowest BCUT2D eigenvalue weighted by Gasteiger charge is -1.96. The van der Waals surface area contributed by atoms with Crippen molar-refractivity contribution in [3.05, 3.63) is 45.5 Å². The van der Waals surface area contributed by atoms with Crippen LogP contribution in [0.5, 0.6) is 0 Å². The van der Waals surface area contributed by atoms with Crippen molar-refractivity contribution in [2.45, 2.75) is 18.8 Å². The fourth-order valence-electron chi connectivity index (χ4n) is 1.74. The Morgan fingerprint density at radius 1 is 1.41 bits per heavy atom. The maximum atomic E-state index is 10.7. The van der Waals surface area contributed by atoms with Gasteiger partial charge in [0, 0.05) is 29.0 Å². The quantitative estimate of drug-likeness (QED) is 0.614. The second kappa shape index (κ2) is 3.92. The van der Waals surface area contributed by atoms with Gasteiger partial charge in [-0.05, 0) is 12.8 Å². The van der Waals surface area contributed by atoms with Crippen molar-refractivity contribution in [2.24, 2.45) is 0 Å². The number of nitro groups is 1. The molecule has 0 bridgehead atoms. The van der Waals surface area contributed by atoms with E-state index in [4.69, 9.17) is 0 Å². The molecule has 1 aromatic heterocycles. The van der Waals surface area contributed by atoms with E-state index in [0.29, 0.717) is 5.92 Å². The molecule has 1 heterocycles. The highest BCUT2D eigenvalue weighted by Crippen LogP contribution is 2.41. The zero-order chi connectivity index (χ0) is 11.8. The molecule has 0 N–H and O–H groups in total. The molecule has 0 spiro atoms. The second-order valence-electron chi connectivity index (χ2n) is 4.16. The number of thiazole rings is 1. The van der Waals surface area contributed by atoms with Crippen molar-refractivity contribution < 1.29 is 4.92 Å². The first kappa shape index (κ1) is 10.4. The number of nitro benzene ring substituents is 1. The van der Waals surface area contributed by atoms with Gasteiger partial charge >= 0.3 is 0 Å². The molecular formula is C12H10N2O2S. The average molecular weight is 246 g/mol. The highest BCUT2D eigenvalue weighted by Gasteiger charge is 2.26. The van der Waals surface area contributed by atoms with Crippen LogP contribution < -0.4 is 0 Å². The van der Waals surface area contributed by atoms with E-state index in [2.05, 4.69) is 10.4 Å². The predicted molar refractivity (Wildman–Crippen MR) is 66.2 cm³/mol. The zero-order valence-electron chi connectivity index (χ0n) is 9.00. The Hall–Kier alpha value is -1.75. The maximum Gasteiger partial charge on any atom is 0.270 e. The molecule has 4 nitrogen and oxygen atoms in total. The lowest BCUT2D eigenvalue weighted by atomic mass is 10.2. The van der Waals surface area contributed by atoms with Crippen molar-refractivity contribution in [3.8, 4) is 10.6 Å². The molecule has 0 amide bonds. The third-order valence-electron chi connectivity index (χ3n) is 2.82. The molecule has 0 radical (unpaired) electrons. The van der Waals surface area contributed by atoms with E-state index < -0.39 is 0 Å². The van der Waals surface area contributed by atoms with Crippen molar-refractivity contribution in [3.63, 3.8) is 0 Å². The molecule has 1 aromatic carbocycles. The standard InChI is InChI=1S/C12H10N2O2S/c15-14(16)10-3-1-2-9(6-10)12-13-11(7-17-12)8-4-5-8/h1-3,6-8H,4-5H2. The number of non-ortho nitro benzene ring substituents is 1. The van der Waals surface area contributed by atoms with Crippen LogP contribution >= 0.6 is 11.3 Å². The van der Waals surface area contributed by atoms with Crippen LogP contribution in [-0.2, 0) is 0 Å². The van der Waals surface area contributed by atoms with Crippen LogP contribution in [0.2, 0.25) is 0 Å². The van der Waals surface area contributed by atoms with E-state index in [1.807, 2.05) is 6.07 Å². The van der Waals surface area contributed by atoms with Gasteiger partial charge in [-0.3, -0.25) is 10.1 Å². The van der Waals surface area contributed by atoms with Gasteiger partial charge in [0.2, 0.25) is 0 Å².